The van der Waals surface area contributed by atoms with Crippen LogP contribution in [-0.4, -0.2) is 39.9 Å². The number of hydrogen-bond acceptors (Lipinski definition) is 4. The van der Waals surface area contributed by atoms with Crippen LogP contribution in [0.15, 0.2) is 24.3 Å². The number of carbonyl (C=O) groups excluding carboxylic acids is 2. The number of thioether (sulfide) groups is 1. The van der Waals surface area contributed by atoms with Gasteiger partial charge >= 0.3 is 5.97 Å². The van der Waals surface area contributed by atoms with E-state index in [-0.39, 0.29) is 17.6 Å². The van der Waals surface area contributed by atoms with Crippen LogP contribution in [-0.2, 0) is 14.4 Å². The second kappa shape index (κ2) is 9.19. The molecule has 23 heavy (non-hydrogen) atoms. The Bertz CT molecular complexity index is 577. The number of rotatable bonds is 8. The van der Waals surface area contributed by atoms with Gasteiger partial charge in [0.1, 0.15) is 6.04 Å². The van der Waals surface area contributed by atoms with E-state index in [2.05, 4.69) is 10.6 Å². The fourth-order valence-corrected chi connectivity index (χ4v) is 2.52. The van der Waals surface area contributed by atoms with Crippen LogP contribution in [0.2, 0.25) is 0 Å². The monoisotopic (exact) mass is 338 g/mol. The van der Waals surface area contributed by atoms with E-state index in [0.717, 1.165) is 17.3 Å². The summed E-state index contributed by atoms with van der Waals surface area (Å²) in [7, 11) is 0. The van der Waals surface area contributed by atoms with Gasteiger partial charge in [0.15, 0.2) is 0 Å². The first-order chi connectivity index (χ1) is 10.8. The highest BCUT2D eigenvalue weighted by molar-refractivity contribution is 8.01. The third kappa shape index (κ3) is 6.73. The summed E-state index contributed by atoms with van der Waals surface area (Å²) >= 11 is 1.16. The van der Waals surface area contributed by atoms with Crippen molar-refractivity contribution in [2.45, 2.75) is 38.5 Å². The van der Waals surface area contributed by atoms with Crippen LogP contribution in [0.4, 0.5) is 5.69 Å². The summed E-state index contributed by atoms with van der Waals surface area (Å²) in [4.78, 5) is 34.7. The fraction of sp³-hybridized carbons (Fsp3) is 0.438. The highest BCUT2D eigenvalue weighted by Crippen LogP contribution is 2.14. The number of hydrogen-bond donors (Lipinski definition) is 3. The SMILES string of the molecule is CCC(NC(=O)C(C)SCC(=O)Nc1cccc(C)c1)C(=O)O. The van der Waals surface area contributed by atoms with Crippen molar-refractivity contribution in [1.29, 1.82) is 0 Å². The summed E-state index contributed by atoms with van der Waals surface area (Å²) in [6.45, 7) is 5.27. The van der Waals surface area contributed by atoms with Crippen molar-refractivity contribution in [3.8, 4) is 0 Å². The molecule has 0 spiro atoms. The molecule has 126 valence electrons. The first kappa shape index (κ1) is 19.0. The Labute approximate surface area is 140 Å². The summed E-state index contributed by atoms with van der Waals surface area (Å²) in [6, 6.07) is 6.54. The van der Waals surface area contributed by atoms with Crippen molar-refractivity contribution in [3.63, 3.8) is 0 Å². The Morgan fingerprint density at radius 3 is 2.57 bits per heavy atom. The first-order valence-electron chi connectivity index (χ1n) is 7.34. The number of amides is 2. The lowest BCUT2D eigenvalue weighted by Crippen LogP contribution is -2.43. The van der Waals surface area contributed by atoms with E-state index >= 15 is 0 Å². The van der Waals surface area contributed by atoms with Crippen LogP contribution in [0.3, 0.4) is 0 Å². The lowest BCUT2D eigenvalue weighted by molar-refractivity contribution is -0.141. The van der Waals surface area contributed by atoms with Crippen molar-refractivity contribution in [1.82, 2.24) is 5.32 Å². The molecule has 0 aliphatic carbocycles. The minimum absolute atomic E-state index is 0.117. The first-order valence-corrected chi connectivity index (χ1v) is 8.39. The highest BCUT2D eigenvalue weighted by Gasteiger charge is 2.22. The van der Waals surface area contributed by atoms with E-state index in [0.29, 0.717) is 12.1 Å². The largest absolute Gasteiger partial charge is 0.480 e. The maximum absolute atomic E-state index is 11.9. The zero-order chi connectivity index (χ0) is 17.4. The summed E-state index contributed by atoms with van der Waals surface area (Å²) in [5.74, 6) is -1.53. The number of aliphatic carboxylic acids is 1. The summed E-state index contributed by atoms with van der Waals surface area (Å²) in [5.41, 5.74) is 1.76. The molecule has 3 N–H and O–H groups in total. The molecule has 0 aliphatic heterocycles. The van der Waals surface area contributed by atoms with Gasteiger partial charge in [0.05, 0.1) is 11.0 Å². The molecule has 0 radical (unpaired) electrons. The molecule has 7 heteroatoms. The molecule has 2 unspecified atom stereocenters. The van der Waals surface area contributed by atoms with Crippen LogP contribution >= 0.6 is 11.8 Å². The number of benzene rings is 1. The van der Waals surface area contributed by atoms with Crippen LogP contribution in [0.25, 0.3) is 0 Å². The van der Waals surface area contributed by atoms with E-state index in [1.807, 2.05) is 25.1 Å². The van der Waals surface area contributed by atoms with Gasteiger partial charge in [-0.25, -0.2) is 4.79 Å². The van der Waals surface area contributed by atoms with Crippen LogP contribution in [0, 0.1) is 6.92 Å². The summed E-state index contributed by atoms with van der Waals surface area (Å²) in [6.07, 6.45) is 0.312. The molecule has 0 saturated carbocycles. The molecule has 1 aromatic rings. The molecule has 2 amide bonds. The predicted molar refractivity (Wildman–Crippen MR) is 91.6 cm³/mol. The maximum atomic E-state index is 11.9. The van der Waals surface area contributed by atoms with E-state index < -0.39 is 17.3 Å². The molecular weight excluding hydrogens is 316 g/mol. The molecule has 0 fully saturated rings. The Balaban J connectivity index is 2.42. The third-order valence-electron chi connectivity index (χ3n) is 3.16. The second-order valence-corrected chi connectivity index (χ2v) is 6.51. The molecule has 0 heterocycles. The molecule has 0 aromatic heterocycles. The van der Waals surface area contributed by atoms with E-state index in [1.165, 1.54) is 0 Å². The average molecular weight is 338 g/mol. The van der Waals surface area contributed by atoms with Crippen molar-refractivity contribution in [2.24, 2.45) is 0 Å². The number of nitrogens with one attached hydrogen (secondary N) is 2. The number of carboxylic acids is 1. The third-order valence-corrected chi connectivity index (χ3v) is 4.30. The highest BCUT2D eigenvalue weighted by atomic mass is 32.2. The summed E-state index contributed by atoms with van der Waals surface area (Å²) < 4.78 is 0. The molecule has 6 nitrogen and oxygen atoms in total. The number of carboxylic acid groups (broad SMARTS) is 1. The number of aryl methyl sites for hydroxylation is 1. The van der Waals surface area contributed by atoms with Gasteiger partial charge in [-0.3, -0.25) is 9.59 Å². The van der Waals surface area contributed by atoms with Gasteiger partial charge in [-0.05, 0) is 38.0 Å². The van der Waals surface area contributed by atoms with Gasteiger partial charge < -0.3 is 15.7 Å². The number of carbonyl (C=O) groups is 3. The smallest absolute Gasteiger partial charge is 0.326 e. The van der Waals surface area contributed by atoms with E-state index in [4.69, 9.17) is 5.11 Å². The Morgan fingerprint density at radius 2 is 2.00 bits per heavy atom. The molecule has 0 bridgehead atoms. The van der Waals surface area contributed by atoms with Crippen LogP contribution in [0.5, 0.6) is 0 Å². The number of anilines is 1. The van der Waals surface area contributed by atoms with Gasteiger partial charge in [0.2, 0.25) is 11.8 Å². The van der Waals surface area contributed by atoms with Gasteiger partial charge in [0.25, 0.3) is 0 Å². The molecule has 1 aromatic carbocycles. The van der Waals surface area contributed by atoms with Gasteiger partial charge in [-0.15, -0.1) is 11.8 Å². The van der Waals surface area contributed by atoms with Crippen molar-refractivity contribution in [2.75, 3.05) is 11.1 Å². The molecule has 0 saturated heterocycles. The van der Waals surface area contributed by atoms with Gasteiger partial charge in [-0.1, -0.05) is 19.1 Å². The Hall–Kier alpha value is -2.02. The lowest BCUT2D eigenvalue weighted by Gasteiger charge is -2.16. The zero-order valence-corrected chi connectivity index (χ0v) is 14.3. The van der Waals surface area contributed by atoms with Crippen molar-refractivity contribution in [3.05, 3.63) is 29.8 Å². The summed E-state index contributed by atoms with van der Waals surface area (Å²) in [5, 5.41) is 13.6. The van der Waals surface area contributed by atoms with E-state index in [1.54, 1.807) is 19.9 Å². The topological polar surface area (TPSA) is 95.5 Å². The van der Waals surface area contributed by atoms with Gasteiger partial charge in [0, 0.05) is 5.69 Å². The van der Waals surface area contributed by atoms with Crippen LogP contribution < -0.4 is 10.6 Å². The van der Waals surface area contributed by atoms with E-state index in [9.17, 15) is 14.4 Å². The maximum Gasteiger partial charge on any atom is 0.326 e. The van der Waals surface area contributed by atoms with Crippen molar-refractivity contribution < 1.29 is 19.5 Å². The zero-order valence-electron chi connectivity index (χ0n) is 13.5. The fourth-order valence-electron chi connectivity index (χ4n) is 1.82. The quantitative estimate of drug-likeness (QED) is 0.674. The van der Waals surface area contributed by atoms with Crippen LogP contribution in [0.1, 0.15) is 25.8 Å². The molecular formula is C16H22N2O4S. The Morgan fingerprint density at radius 1 is 1.30 bits per heavy atom. The standard InChI is InChI=1S/C16H22N2O4S/c1-4-13(16(21)22)18-15(20)11(3)23-9-14(19)17-12-7-5-6-10(2)8-12/h5-8,11,13H,4,9H2,1-3H3,(H,17,19)(H,18,20)(H,21,22). The Kier molecular flexibility index (Phi) is 7.61. The minimum atomic E-state index is -1.06. The molecule has 0 aliphatic rings. The normalized spacial score (nSPS) is 13.0. The van der Waals surface area contributed by atoms with Crippen molar-refractivity contribution >= 4 is 35.2 Å². The molecule has 1 rings (SSSR count). The average Bonchev–Trinajstić information content (AvgIpc) is 2.49. The molecule has 2 atom stereocenters. The minimum Gasteiger partial charge on any atom is -0.480 e. The second-order valence-electron chi connectivity index (χ2n) is 5.18. The predicted octanol–water partition coefficient (Wildman–Crippen LogP) is 2.03. The van der Waals surface area contributed by atoms with Gasteiger partial charge in [-0.2, -0.15) is 0 Å². The lowest BCUT2D eigenvalue weighted by atomic mass is 10.2.